The predicted molar refractivity (Wildman–Crippen MR) is 81.3 cm³/mol. The van der Waals surface area contributed by atoms with Gasteiger partial charge in [-0.15, -0.1) is 5.10 Å². The molecule has 0 aliphatic heterocycles. The Morgan fingerprint density at radius 2 is 1.90 bits per heavy atom. The summed E-state index contributed by atoms with van der Waals surface area (Å²) >= 11 is 6.13. The standard InChI is InChI=1S/C15H13ClN4O/c1-19-14(13-8-4-5-9-17-13)18-20(15(19)21)10-11-6-2-3-7-12(11)16/h2-9H,10H2,1H3. The highest BCUT2D eigenvalue weighted by molar-refractivity contribution is 6.31. The van der Waals surface area contributed by atoms with Gasteiger partial charge in [0.2, 0.25) is 0 Å². The topological polar surface area (TPSA) is 52.7 Å². The molecule has 0 N–H and O–H groups in total. The first-order valence-corrected chi connectivity index (χ1v) is 6.83. The zero-order valence-electron chi connectivity index (χ0n) is 11.4. The number of rotatable bonds is 3. The average Bonchev–Trinajstić information content (AvgIpc) is 2.79. The lowest BCUT2D eigenvalue weighted by Gasteiger charge is -2.02. The van der Waals surface area contributed by atoms with E-state index in [0.717, 1.165) is 5.56 Å². The second kappa shape index (κ2) is 5.54. The molecule has 0 radical (unpaired) electrons. The highest BCUT2D eigenvalue weighted by atomic mass is 35.5. The van der Waals surface area contributed by atoms with Gasteiger partial charge in [0.1, 0.15) is 5.69 Å². The summed E-state index contributed by atoms with van der Waals surface area (Å²) in [6.07, 6.45) is 1.67. The molecule has 6 heteroatoms. The van der Waals surface area contributed by atoms with E-state index in [4.69, 9.17) is 11.6 Å². The Morgan fingerprint density at radius 3 is 2.62 bits per heavy atom. The number of pyridine rings is 1. The first-order chi connectivity index (χ1) is 10.2. The van der Waals surface area contributed by atoms with Gasteiger partial charge in [0.05, 0.1) is 6.54 Å². The molecule has 0 fully saturated rings. The molecule has 0 saturated heterocycles. The Morgan fingerprint density at radius 1 is 1.14 bits per heavy atom. The lowest BCUT2D eigenvalue weighted by atomic mass is 10.2. The Balaban J connectivity index is 2.02. The third-order valence-corrected chi connectivity index (χ3v) is 3.58. The van der Waals surface area contributed by atoms with E-state index in [1.807, 2.05) is 36.4 Å². The third-order valence-electron chi connectivity index (χ3n) is 3.21. The third kappa shape index (κ3) is 2.60. The van der Waals surface area contributed by atoms with Crippen LogP contribution in [0.2, 0.25) is 5.02 Å². The van der Waals surface area contributed by atoms with Gasteiger partial charge >= 0.3 is 5.69 Å². The van der Waals surface area contributed by atoms with E-state index < -0.39 is 0 Å². The molecule has 3 aromatic rings. The van der Waals surface area contributed by atoms with Crippen LogP contribution in [0.3, 0.4) is 0 Å². The van der Waals surface area contributed by atoms with Gasteiger partial charge < -0.3 is 0 Å². The van der Waals surface area contributed by atoms with Crippen molar-refractivity contribution < 1.29 is 0 Å². The molecule has 2 aromatic heterocycles. The van der Waals surface area contributed by atoms with E-state index in [9.17, 15) is 4.79 Å². The largest absolute Gasteiger partial charge is 0.346 e. The van der Waals surface area contributed by atoms with E-state index in [1.165, 1.54) is 9.25 Å². The fraction of sp³-hybridized carbons (Fsp3) is 0.133. The molecule has 2 heterocycles. The normalized spacial score (nSPS) is 10.8. The zero-order valence-corrected chi connectivity index (χ0v) is 12.2. The number of hydrogen-bond acceptors (Lipinski definition) is 3. The Labute approximate surface area is 126 Å². The molecule has 0 aliphatic rings. The SMILES string of the molecule is Cn1c(-c2ccccn2)nn(Cc2ccccc2Cl)c1=O. The van der Waals surface area contributed by atoms with Crippen LogP contribution in [-0.2, 0) is 13.6 Å². The molecule has 5 nitrogen and oxygen atoms in total. The van der Waals surface area contributed by atoms with Crippen LogP contribution < -0.4 is 5.69 Å². The molecule has 1 aromatic carbocycles. The number of aromatic nitrogens is 4. The van der Waals surface area contributed by atoms with Crippen molar-refractivity contribution in [2.24, 2.45) is 7.05 Å². The maximum Gasteiger partial charge on any atom is 0.346 e. The van der Waals surface area contributed by atoms with Crippen LogP contribution in [0.1, 0.15) is 5.56 Å². The molecule has 106 valence electrons. The Kier molecular flexibility index (Phi) is 3.58. The Hall–Kier alpha value is -2.40. The monoisotopic (exact) mass is 300 g/mol. The minimum Gasteiger partial charge on any atom is -0.277 e. The molecule has 0 aliphatic carbocycles. The summed E-state index contributed by atoms with van der Waals surface area (Å²) in [4.78, 5) is 16.5. The van der Waals surface area contributed by atoms with Crippen LogP contribution in [0, 0.1) is 0 Å². The van der Waals surface area contributed by atoms with Crippen LogP contribution >= 0.6 is 11.6 Å². The fourth-order valence-corrected chi connectivity index (χ4v) is 2.29. The van der Waals surface area contributed by atoms with E-state index in [2.05, 4.69) is 10.1 Å². The fourth-order valence-electron chi connectivity index (χ4n) is 2.10. The number of hydrogen-bond donors (Lipinski definition) is 0. The van der Waals surface area contributed by atoms with E-state index in [0.29, 0.717) is 23.1 Å². The highest BCUT2D eigenvalue weighted by Gasteiger charge is 2.13. The van der Waals surface area contributed by atoms with Crippen molar-refractivity contribution in [1.82, 2.24) is 19.3 Å². The van der Waals surface area contributed by atoms with Gasteiger partial charge in [-0.25, -0.2) is 9.48 Å². The van der Waals surface area contributed by atoms with E-state index in [-0.39, 0.29) is 5.69 Å². The first kappa shape index (κ1) is 13.6. The van der Waals surface area contributed by atoms with Crippen molar-refractivity contribution in [1.29, 1.82) is 0 Å². The molecule has 0 amide bonds. The second-order valence-corrected chi connectivity index (χ2v) is 5.04. The van der Waals surface area contributed by atoms with Crippen LogP contribution in [0.15, 0.2) is 53.5 Å². The molecular weight excluding hydrogens is 288 g/mol. The van der Waals surface area contributed by atoms with Crippen molar-refractivity contribution in [3.05, 3.63) is 69.7 Å². The summed E-state index contributed by atoms with van der Waals surface area (Å²) in [5, 5.41) is 4.98. The van der Waals surface area contributed by atoms with Crippen LogP contribution in [-0.4, -0.2) is 19.3 Å². The minimum absolute atomic E-state index is 0.199. The van der Waals surface area contributed by atoms with Crippen LogP contribution in [0.4, 0.5) is 0 Å². The minimum atomic E-state index is -0.199. The summed E-state index contributed by atoms with van der Waals surface area (Å²) in [6.45, 7) is 0.333. The van der Waals surface area contributed by atoms with Crippen LogP contribution in [0.25, 0.3) is 11.5 Å². The van der Waals surface area contributed by atoms with E-state index >= 15 is 0 Å². The van der Waals surface area contributed by atoms with Crippen molar-refractivity contribution in [2.45, 2.75) is 6.54 Å². The summed E-state index contributed by atoms with van der Waals surface area (Å²) in [5.41, 5.74) is 1.32. The van der Waals surface area contributed by atoms with E-state index in [1.54, 1.807) is 19.3 Å². The lowest BCUT2D eigenvalue weighted by Crippen LogP contribution is -2.23. The summed E-state index contributed by atoms with van der Waals surface area (Å²) < 4.78 is 2.88. The number of benzene rings is 1. The smallest absolute Gasteiger partial charge is 0.277 e. The van der Waals surface area contributed by atoms with Gasteiger partial charge in [0.15, 0.2) is 5.82 Å². The Bertz CT molecular complexity index is 823. The van der Waals surface area contributed by atoms with Gasteiger partial charge in [-0.05, 0) is 23.8 Å². The predicted octanol–water partition coefficient (Wildman–Crippen LogP) is 2.35. The molecule has 0 saturated carbocycles. The quantitative estimate of drug-likeness (QED) is 0.746. The zero-order chi connectivity index (χ0) is 14.8. The summed E-state index contributed by atoms with van der Waals surface area (Å²) in [6, 6.07) is 12.9. The lowest BCUT2D eigenvalue weighted by molar-refractivity contribution is 0.647. The van der Waals surface area contributed by atoms with Crippen molar-refractivity contribution >= 4 is 11.6 Å². The number of halogens is 1. The molecule has 21 heavy (non-hydrogen) atoms. The highest BCUT2D eigenvalue weighted by Crippen LogP contribution is 2.16. The van der Waals surface area contributed by atoms with Gasteiger partial charge in [-0.2, -0.15) is 0 Å². The molecule has 0 unspecified atom stereocenters. The van der Waals surface area contributed by atoms with Crippen LogP contribution in [0.5, 0.6) is 0 Å². The molecular formula is C15H13ClN4O. The summed E-state index contributed by atoms with van der Waals surface area (Å²) in [5.74, 6) is 0.535. The average molecular weight is 301 g/mol. The molecule has 0 atom stereocenters. The first-order valence-electron chi connectivity index (χ1n) is 6.45. The van der Waals surface area contributed by atoms with Crippen molar-refractivity contribution in [3.63, 3.8) is 0 Å². The maximum absolute atomic E-state index is 12.3. The van der Waals surface area contributed by atoms with Gasteiger partial charge in [-0.3, -0.25) is 9.55 Å². The van der Waals surface area contributed by atoms with Gasteiger partial charge in [0.25, 0.3) is 0 Å². The molecule has 3 rings (SSSR count). The van der Waals surface area contributed by atoms with Crippen molar-refractivity contribution in [3.8, 4) is 11.5 Å². The van der Waals surface area contributed by atoms with Gasteiger partial charge in [0, 0.05) is 18.3 Å². The summed E-state index contributed by atoms with van der Waals surface area (Å²) in [7, 11) is 1.68. The maximum atomic E-state index is 12.3. The second-order valence-electron chi connectivity index (χ2n) is 4.63. The molecule has 0 spiro atoms. The van der Waals surface area contributed by atoms with Crippen molar-refractivity contribution in [2.75, 3.05) is 0 Å². The van der Waals surface area contributed by atoms with Gasteiger partial charge in [-0.1, -0.05) is 35.9 Å². The number of nitrogens with zero attached hydrogens (tertiary/aromatic N) is 4. The molecule has 0 bridgehead atoms.